The molecule has 9 nitrogen and oxygen atoms in total. The predicted molar refractivity (Wildman–Crippen MR) is 138 cm³/mol. The number of ketones is 2. The van der Waals surface area contributed by atoms with Gasteiger partial charge in [0.2, 0.25) is 11.6 Å². The number of amides is 1. The minimum Gasteiger partial charge on any atom is -0.507 e. The number of primary amides is 1. The third kappa shape index (κ3) is 3.65. The average Bonchev–Trinajstić information content (AvgIpc) is 2.87. The van der Waals surface area contributed by atoms with Crippen LogP contribution in [0.3, 0.4) is 0 Å². The first-order chi connectivity index (χ1) is 18.0. The molecule has 0 aromatic heterocycles. The van der Waals surface area contributed by atoms with E-state index in [-0.39, 0.29) is 35.7 Å². The summed E-state index contributed by atoms with van der Waals surface area (Å²) in [5, 5.41) is 33.5. The molecule has 0 spiro atoms. The highest BCUT2D eigenvalue weighted by Crippen LogP contribution is 2.52. The van der Waals surface area contributed by atoms with Gasteiger partial charge in [-0.3, -0.25) is 19.3 Å². The fourth-order valence-corrected chi connectivity index (χ4v) is 6.27. The van der Waals surface area contributed by atoms with E-state index >= 15 is 0 Å². The fraction of sp³-hybridized carbons (Fsp3) is 0.345. The summed E-state index contributed by atoms with van der Waals surface area (Å²) in [5.41, 5.74) is 4.75. The number of nitrogens with zero attached hydrogens (tertiary/aromatic N) is 1. The number of ether oxygens (including phenoxy) is 1. The number of Topliss-reactive ketones (excluding diaryl/α,β-unsaturated/α-hetero) is 2. The highest BCUT2D eigenvalue weighted by Gasteiger charge is 2.65. The average molecular weight is 519 g/mol. The van der Waals surface area contributed by atoms with Gasteiger partial charge in [-0.1, -0.05) is 36.4 Å². The van der Waals surface area contributed by atoms with E-state index in [0.717, 1.165) is 11.1 Å². The Morgan fingerprint density at radius 2 is 1.79 bits per heavy atom. The van der Waals surface area contributed by atoms with Crippen molar-refractivity contribution in [2.75, 3.05) is 14.1 Å². The minimum absolute atomic E-state index is 0.0144. The van der Waals surface area contributed by atoms with Crippen molar-refractivity contribution in [2.24, 2.45) is 17.6 Å². The molecule has 3 aliphatic rings. The van der Waals surface area contributed by atoms with E-state index in [4.69, 9.17) is 10.5 Å². The Bertz CT molecular complexity index is 1430. The maximum absolute atomic E-state index is 14.0. The minimum atomic E-state index is -2.64. The molecule has 1 amide bonds. The van der Waals surface area contributed by atoms with Crippen molar-refractivity contribution in [2.45, 2.75) is 38.0 Å². The summed E-state index contributed by atoms with van der Waals surface area (Å²) >= 11 is 0. The highest BCUT2D eigenvalue weighted by molar-refractivity contribution is 6.33. The summed E-state index contributed by atoms with van der Waals surface area (Å²) in [4.78, 5) is 42.0. The summed E-state index contributed by atoms with van der Waals surface area (Å²) in [6.45, 7) is 1.90. The van der Waals surface area contributed by atoms with E-state index in [9.17, 15) is 29.7 Å². The second-order valence-corrected chi connectivity index (χ2v) is 10.5. The Balaban J connectivity index is 1.66. The van der Waals surface area contributed by atoms with Crippen LogP contribution in [0.15, 0.2) is 59.4 Å². The van der Waals surface area contributed by atoms with Crippen molar-refractivity contribution in [3.63, 3.8) is 0 Å². The lowest BCUT2D eigenvalue weighted by Crippen LogP contribution is -2.67. The van der Waals surface area contributed by atoms with Crippen molar-refractivity contribution < 1.29 is 34.4 Å². The molecule has 0 bridgehead atoms. The molecule has 4 unspecified atom stereocenters. The van der Waals surface area contributed by atoms with Gasteiger partial charge in [0.05, 0.1) is 11.6 Å². The molecule has 38 heavy (non-hydrogen) atoms. The van der Waals surface area contributed by atoms with E-state index < -0.39 is 52.3 Å². The molecule has 0 radical (unpaired) electrons. The van der Waals surface area contributed by atoms with Crippen molar-refractivity contribution in [3.05, 3.63) is 81.6 Å². The molecule has 1 saturated carbocycles. The molecule has 9 heteroatoms. The molecule has 2 aromatic carbocycles. The first-order valence-corrected chi connectivity index (χ1v) is 12.4. The summed E-state index contributed by atoms with van der Waals surface area (Å²) in [5.74, 6) is -5.40. The molecule has 198 valence electrons. The zero-order valence-electron chi connectivity index (χ0n) is 21.4. The third-order valence-corrected chi connectivity index (χ3v) is 8.05. The number of aliphatic hydroxyl groups excluding tert-OH is 1. The number of phenolic OH excluding ortho intramolecular Hbond substituents is 1. The summed E-state index contributed by atoms with van der Waals surface area (Å²) in [6, 6.07) is 11.5. The predicted octanol–water partition coefficient (Wildman–Crippen LogP) is 1.93. The quantitative estimate of drug-likeness (QED) is 0.346. The molecular formula is C29H30N2O7. The number of carbonyl (C=O) groups is 3. The van der Waals surface area contributed by atoms with E-state index in [1.807, 2.05) is 37.3 Å². The Morgan fingerprint density at radius 1 is 1.11 bits per heavy atom. The second-order valence-electron chi connectivity index (χ2n) is 10.5. The lowest BCUT2D eigenvalue weighted by Gasteiger charge is -2.50. The van der Waals surface area contributed by atoms with Crippen LogP contribution in [0, 0.1) is 18.8 Å². The summed E-state index contributed by atoms with van der Waals surface area (Å²) in [6.07, 6.45) is 0.475. The smallest absolute Gasteiger partial charge is 0.255 e. The third-order valence-electron chi connectivity index (χ3n) is 8.05. The van der Waals surface area contributed by atoms with Gasteiger partial charge in [0.15, 0.2) is 5.60 Å². The molecule has 0 heterocycles. The lowest BCUT2D eigenvalue weighted by atomic mass is 9.57. The van der Waals surface area contributed by atoms with Crippen LogP contribution in [-0.2, 0) is 32.1 Å². The molecule has 2 aromatic rings. The maximum Gasteiger partial charge on any atom is 0.255 e. The van der Waals surface area contributed by atoms with E-state index in [1.54, 1.807) is 25.1 Å². The Labute approximate surface area is 219 Å². The highest BCUT2D eigenvalue weighted by atomic mass is 16.5. The van der Waals surface area contributed by atoms with E-state index in [1.165, 1.54) is 6.07 Å². The van der Waals surface area contributed by atoms with Gasteiger partial charge >= 0.3 is 0 Å². The van der Waals surface area contributed by atoms with Crippen LogP contribution < -0.4 is 5.73 Å². The molecular weight excluding hydrogens is 488 g/mol. The van der Waals surface area contributed by atoms with Crippen molar-refractivity contribution in [1.29, 1.82) is 0 Å². The van der Waals surface area contributed by atoms with Crippen LogP contribution in [0.2, 0.25) is 0 Å². The summed E-state index contributed by atoms with van der Waals surface area (Å²) < 4.78 is 6.06. The number of rotatable bonds is 5. The number of hydrogen-bond acceptors (Lipinski definition) is 8. The molecule has 1 fully saturated rings. The van der Waals surface area contributed by atoms with E-state index in [2.05, 4.69) is 0 Å². The fourth-order valence-electron chi connectivity index (χ4n) is 6.27. The number of aliphatic hydroxyl groups is 2. The zero-order chi connectivity index (χ0) is 27.5. The topological polar surface area (TPSA) is 150 Å². The van der Waals surface area contributed by atoms with Crippen LogP contribution in [0.1, 0.15) is 28.7 Å². The zero-order valence-corrected chi connectivity index (χ0v) is 21.4. The molecule has 0 aliphatic heterocycles. The maximum atomic E-state index is 14.0. The van der Waals surface area contributed by atoms with Gasteiger partial charge < -0.3 is 25.8 Å². The van der Waals surface area contributed by atoms with E-state index in [0.29, 0.717) is 12.0 Å². The van der Waals surface area contributed by atoms with Gasteiger partial charge in [-0.15, -0.1) is 0 Å². The SMILES string of the molecule is Cc1ccc(O)c2c1CC1CC3C(N(C)C)C(OCc4ccccc4)=C(C(N)=O)C(=O)C3(O)C(=O)C1=C2O. The first-order valence-electron chi connectivity index (χ1n) is 12.4. The van der Waals surface area contributed by atoms with Crippen LogP contribution in [0.5, 0.6) is 5.75 Å². The number of hydrogen-bond donors (Lipinski definition) is 4. The number of phenols is 1. The van der Waals surface area contributed by atoms with Crippen molar-refractivity contribution in [1.82, 2.24) is 4.90 Å². The second kappa shape index (κ2) is 9.11. The number of benzene rings is 2. The van der Waals surface area contributed by atoms with Crippen LogP contribution in [0.25, 0.3) is 5.76 Å². The normalized spacial score (nSPS) is 26.7. The largest absolute Gasteiger partial charge is 0.507 e. The number of fused-ring (bicyclic) bond motifs is 3. The van der Waals surface area contributed by atoms with Crippen LogP contribution >= 0.6 is 0 Å². The number of carbonyl (C=O) groups excluding carboxylic acids is 3. The molecule has 5 rings (SSSR count). The monoisotopic (exact) mass is 518 g/mol. The van der Waals surface area contributed by atoms with Crippen molar-refractivity contribution >= 4 is 23.2 Å². The Kier molecular flexibility index (Phi) is 6.16. The lowest BCUT2D eigenvalue weighted by molar-refractivity contribution is -0.162. The first kappa shape index (κ1) is 25.7. The standard InChI is InChI=1S/C29H30N2O7/c1-14-9-10-19(32)21-17(14)11-16-12-18-23(31(2)3)25(38-13-15-7-5-4-6-8-15)22(28(30)36)27(35)29(18,37)26(34)20(16)24(21)33/h4-10,16,18,23,32-33,37H,11-13H2,1-3H3,(H2,30,36). The Morgan fingerprint density at radius 3 is 2.42 bits per heavy atom. The van der Waals surface area contributed by atoms with Crippen molar-refractivity contribution in [3.8, 4) is 5.75 Å². The molecule has 4 atom stereocenters. The van der Waals surface area contributed by atoms with Gasteiger partial charge in [-0.2, -0.15) is 0 Å². The number of likely N-dealkylation sites (N-methyl/N-ethyl adjacent to an activating group) is 1. The molecule has 0 saturated heterocycles. The van der Waals surface area contributed by atoms with Crippen LogP contribution in [-0.4, -0.2) is 63.4 Å². The number of aryl methyl sites for hydroxylation is 1. The Hall–Kier alpha value is -3.95. The summed E-state index contributed by atoms with van der Waals surface area (Å²) in [7, 11) is 3.41. The van der Waals surface area contributed by atoms with Gasteiger partial charge in [-0.05, 0) is 62.5 Å². The molecule has 5 N–H and O–H groups in total. The van der Waals surface area contributed by atoms with Gasteiger partial charge in [0.25, 0.3) is 5.91 Å². The van der Waals surface area contributed by atoms with Crippen LogP contribution in [0.4, 0.5) is 0 Å². The number of aromatic hydroxyl groups is 1. The molecule has 3 aliphatic carbocycles. The number of nitrogens with two attached hydrogens (primary N) is 1. The van der Waals surface area contributed by atoms with Gasteiger partial charge in [-0.25, -0.2) is 0 Å². The van der Waals surface area contributed by atoms with Gasteiger partial charge in [0.1, 0.15) is 29.4 Å². The van der Waals surface area contributed by atoms with Gasteiger partial charge in [0, 0.05) is 11.5 Å².